The Morgan fingerprint density at radius 2 is 2.15 bits per heavy atom. The Labute approximate surface area is 120 Å². The zero-order valence-electron chi connectivity index (χ0n) is 12.0. The molecule has 1 aliphatic heterocycles. The lowest BCUT2D eigenvalue weighted by Crippen LogP contribution is -2.61. The van der Waals surface area contributed by atoms with Crippen LogP contribution in [0.2, 0.25) is 0 Å². The lowest BCUT2D eigenvalue weighted by molar-refractivity contribution is -0.0393. The van der Waals surface area contributed by atoms with Crippen molar-refractivity contribution in [1.29, 1.82) is 0 Å². The van der Waals surface area contributed by atoms with Gasteiger partial charge in [0, 0.05) is 11.5 Å². The number of aliphatic hydroxyl groups excluding tert-OH is 1. The molecule has 0 radical (unpaired) electrons. The van der Waals surface area contributed by atoms with Crippen molar-refractivity contribution in [2.45, 2.75) is 49.7 Å². The molecule has 2 aliphatic carbocycles. The number of piperidine rings is 1. The quantitative estimate of drug-likeness (QED) is 0.760. The van der Waals surface area contributed by atoms with Crippen LogP contribution in [0.1, 0.15) is 36.8 Å². The number of likely N-dealkylation sites (tertiary alicyclic amines) is 1. The highest BCUT2D eigenvalue weighted by Gasteiger charge is 2.54. The average Bonchev–Trinajstić information content (AvgIpc) is 2.43. The standard InChI is InChI=1S/C17H23NO2/c1-18-7-6-17-10-13(20)4-5-14(17)16(18)8-11-2-3-12(19)9-15(11)17/h2-3,9,13-14,16,19-20H,4-8,10H2,1H3/t13-,14+,16-,17+/m0/s1. The van der Waals surface area contributed by atoms with Gasteiger partial charge in [-0.3, -0.25) is 0 Å². The van der Waals surface area contributed by atoms with E-state index in [1.165, 1.54) is 11.1 Å². The molecule has 2 N–H and O–H groups in total. The number of phenols is 1. The summed E-state index contributed by atoms with van der Waals surface area (Å²) in [6, 6.07) is 6.48. The molecule has 1 saturated heterocycles. The fourth-order valence-corrected chi connectivity index (χ4v) is 5.19. The van der Waals surface area contributed by atoms with Crippen LogP contribution in [0.3, 0.4) is 0 Å². The predicted octanol–water partition coefficient (Wildman–Crippen LogP) is 2.05. The molecule has 20 heavy (non-hydrogen) atoms. The van der Waals surface area contributed by atoms with Crippen LogP contribution in [0.5, 0.6) is 5.75 Å². The Bertz CT molecular complexity index is 544. The highest BCUT2D eigenvalue weighted by molar-refractivity contribution is 5.45. The Morgan fingerprint density at radius 1 is 1.30 bits per heavy atom. The molecule has 3 aliphatic rings. The van der Waals surface area contributed by atoms with Gasteiger partial charge in [-0.2, -0.15) is 0 Å². The van der Waals surface area contributed by atoms with E-state index in [0.29, 0.717) is 17.7 Å². The van der Waals surface area contributed by atoms with E-state index in [9.17, 15) is 10.2 Å². The van der Waals surface area contributed by atoms with Gasteiger partial charge in [0.2, 0.25) is 0 Å². The van der Waals surface area contributed by atoms with E-state index in [2.05, 4.69) is 18.0 Å². The smallest absolute Gasteiger partial charge is 0.115 e. The zero-order chi connectivity index (χ0) is 13.9. The Morgan fingerprint density at radius 3 is 3.00 bits per heavy atom. The molecule has 108 valence electrons. The Balaban J connectivity index is 1.90. The van der Waals surface area contributed by atoms with Gasteiger partial charge in [-0.25, -0.2) is 0 Å². The van der Waals surface area contributed by atoms with Gasteiger partial charge in [0.1, 0.15) is 5.75 Å². The molecule has 0 unspecified atom stereocenters. The summed E-state index contributed by atoms with van der Waals surface area (Å²) >= 11 is 0. The number of hydrogen-bond donors (Lipinski definition) is 2. The summed E-state index contributed by atoms with van der Waals surface area (Å²) in [7, 11) is 2.24. The van der Waals surface area contributed by atoms with Crippen molar-refractivity contribution in [1.82, 2.24) is 4.90 Å². The van der Waals surface area contributed by atoms with Crippen LogP contribution in [0.25, 0.3) is 0 Å². The van der Waals surface area contributed by atoms with E-state index in [-0.39, 0.29) is 11.5 Å². The van der Waals surface area contributed by atoms with E-state index in [0.717, 1.165) is 38.6 Å². The molecule has 1 heterocycles. The van der Waals surface area contributed by atoms with Crippen molar-refractivity contribution < 1.29 is 10.2 Å². The van der Waals surface area contributed by atoms with Crippen LogP contribution in [-0.4, -0.2) is 40.9 Å². The second kappa shape index (κ2) is 4.22. The van der Waals surface area contributed by atoms with Crippen LogP contribution in [-0.2, 0) is 11.8 Å². The maximum atomic E-state index is 10.2. The second-order valence-electron chi connectivity index (χ2n) is 7.04. The molecule has 4 rings (SSSR count). The molecule has 2 bridgehead atoms. The van der Waals surface area contributed by atoms with Gasteiger partial charge in [0.05, 0.1) is 6.10 Å². The molecule has 0 amide bonds. The maximum Gasteiger partial charge on any atom is 0.115 e. The van der Waals surface area contributed by atoms with Crippen LogP contribution >= 0.6 is 0 Å². The highest BCUT2D eigenvalue weighted by Crippen LogP contribution is 2.55. The van der Waals surface area contributed by atoms with Gasteiger partial charge in [-0.05, 0) is 74.9 Å². The maximum absolute atomic E-state index is 10.2. The number of aromatic hydroxyl groups is 1. The number of rotatable bonds is 0. The summed E-state index contributed by atoms with van der Waals surface area (Å²) in [5.41, 5.74) is 2.80. The zero-order valence-corrected chi connectivity index (χ0v) is 12.0. The fourth-order valence-electron chi connectivity index (χ4n) is 5.19. The summed E-state index contributed by atoms with van der Waals surface area (Å²) in [6.45, 7) is 1.10. The van der Waals surface area contributed by atoms with E-state index < -0.39 is 0 Å². The third-order valence-electron chi connectivity index (χ3n) is 6.12. The summed E-state index contributed by atoms with van der Waals surface area (Å²) in [5, 5.41) is 20.2. The monoisotopic (exact) mass is 273 g/mol. The van der Waals surface area contributed by atoms with E-state index in [1.54, 1.807) is 0 Å². The summed E-state index contributed by atoms with van der Waals surface area (Å²) in [5.74, 6) is 1.01. The van der Waals surface area contributed by atoms with Crippen LogP contribution < -0.4 is 0 Å². The number of phenolic OH excluding ortho intramolecular Hbond substituents is 1. The number of fused-ring (bicyclic) bond motifs is 1. The van der Waals surface area contributed by atoms with Gasteiger partial charge in [0.25, 0.3) is 0 Å². The summed E-state index contributed by atoms with van der Waals surface area (Å²) in [6.07, 6.45) is 4.95. The summed E-state index contributed by atoms with van der Waals surface area (Å²) in [4.78, 5) is 2.51. The Kier molecular flexibility index (Phi) is 2.67. The molecular formula is C17H23NO2. The first-order valence-electron chi connectivity index (χ1n) is 7.81. The molecule has 3 heteroatoms. The van der Waals surface area contributed by atoms with Gasteiger partial charge < -0.3 is 15.1 Å². The lowest BCUT2D eigenvalue weighted by Gasteiger charge is -2.59. The van der Waals surface area contributed by atoms with Crippen LogP contribution in [0.4, 0.5) is 0 Å². The van der Waals surface area contributed by atoms with Crippen molar-refractivity contribution in [3.05, 3.63) is 29.3 Å². The minimum Gasteiger partial charge on any atom is -0.508 e. The highest BCUT2D eigenvalue weighted by atomic mass is 16.3. The topological polar surface area (TPSA) is 43.7 Å². The average molecular weight is 273 g/mol. The minimum absolute atomic E-state index is 0.0984. The minimum atomic E-state index is -0.177. The number of hydrogen-bond acceptors (Lipinski definition) is 3. The van der Waals surface area contributed by atoms with Gasteiger partial charge in [-0.1, -0.05) is 6.07 Å². The van der Waals surface area contributed by atoms with Gasteiger partial charge in [0.15, 0.2) is 0 Å². The van der Waals surface area contributed by atoms with E-state index >= 15 is 0 Å². The third kappa shape index (κ3) is 1.60. The largest absolute Gasteiger partial charge is 0.508 e. The molecule has 1 aromatic carbocycles. The van der Waals surface area contributed by atoms with Crippen molar-refractivity contribution >= 4 is 0 Å². The first kappa shape index (κ1) is 12.7. The van der Waals surface area contributed by atoms with E-state index in [4.69, 9.17) is 0 Å². The SMILES string of the molecule is CN1CC[C@@]23C[C@@H](O)CC[C@@H]2[C@@H]1Cc1ccc(O)cc13. The number of aliphatic hydroxyl groups is 1. The molecule has 4 atom stereocenters. The van der Waals surface area contributed by atoms with Crippen molar-refractivity contribution in [3.8, 4) is 5.75 Å². The molecular weight excluding hydrogens is 250 g/mol. The number of nitrogens with zero attached hydrogens (tertiary/aromatic N) is 1. The van der Waals surface area contributed by atoms with E-state index in [1.807, 2.05) is 12.1 Å². The fraction of sp³-hybridized carbons (Fsp3) is 0.647. The first-order valence-corrected chi connectivity index (χ1v) is 7.81. The first-order chi connectivity index (χ1) is 9.60. The van der Waals surface area contributed by atoms with Crippen molar-refractivity contribution in [2.75, 3.05) is 13.6 Å². The van der Waals surface area contributed by atoms with Crippen LogP contribution in [0, 0.1) is 5.92 Å². The number of benzene rings is 1. The number of likely N-dealkylation sites (N-methyl/N-ethyl adjacent to an activating group) is 1. The van der Waals surface area contributed by atoms with Crippen molar-refractivity contribution in [3.63, 3.8) is 0 Å². The summed E-state index contributed by atoms with van der Waals surface area (Å²) < 4.78 is 0. The third-order valence-corrected chi connectivity index (χ3v) is 6.12. The predicted molar refractivity (Wildman–Crippen MR) is 77.9 cm³/mol. The molecule has 0 aromatic heterocycles. The van der Waals surface area contributed by atoms with Gasteiger partial charge >= 0.3 is 0 Å². The molecule has 1 aromatic rings. The normalized spacial score (nSPS) is 40.0. The Hall–Kier alpha value is -1.06. The lowest BCUT2D eigenvalue weighted by atomic mass is 9.52. The molecule has 0 spiro atoms. The van der Waals surface area contributed by atoms with Crippen molar-refractivity contribution in [2.24, 2.45) is 5.92 Å². The second-order valence-corrected chi connectivity index (χ2v) is 7.04. The van der Waals surface area contributed by atoms with Crippen LogP contribution in [0.15, 0.2) is 18.2 Å². The van der Waals surface area contributed by atoms with Gasteiger partial charge in [-0.15, -0.1) is 0 Å². The molecule has 3 nitrogen and oxygen atoms in total. The molecule has 2 fully saturated rings. The molecule has 1 saturated carbocycles.